The van der Waals surface area contributed by atoms with E-state index in [1.54, 1.807) is 0 Å². The summed E-state index contributed by atoms with van der Waals surface area (Å²) in [6.07, 6.45) is 1.44. The van der Waals surface area contributed by atoms with Crippen molar-refractivity contribution < 1.29 is 14.7 Å². The van der Waals surface area contributed by atoms with Crippen LogP contribution in [0.2, 0.25) is 0 Å². The van der Waals surface area contributed by atoms with Crippen LogP contribution in [0.15, 0.2) is 60.7 Å². The van der Waals surface area contributed by atoms with Crippen molar-refractivity contribution in [3.63, 3.8) is 0 Å². The van der Waals surface area contributed by atoms with Gasteiger partial charge in [0.1, 0.15) is 0 Å². The van der Waals surface area contributed by atoms with E-state index < -0.39 is 5.54 Å². The van der Waals surface area contributed by atoms with E-state index in [-0.39, 0.29) is 24.7 Å². The highest BCUT2D eigenvalue weighted by atomic mass is 16.3. The third-order valence-electron chi connectivity index (χ3n) is 5.65. The van der Waals surface area contributed by atoms with Crippen LogP contribution in [0.3, 0.4) is 0 Å². The molecule has 2 saturated heterocycles. The largest absolute Gasteiger partial charge is 0.393 e. The molecule has 4 rings (SSSR count). The average molecular weight is 379 g/mol. The maximum absolute atomic E-state index is 13.5. The van der Waals surface area contributed by atoms with E-state index >= 15 is 0 Å². The van der Waals surface area contributed by atoms with Crippen LogP contribution in [0.25, 0.3) is 0 Å². The molecule has 0 aliphatic carbocycles. The first-order chi connectivity index (χ1) is 13.6. The van der Waals surface area contributed by atoms with Gasteiger partial charge in [-0.1, -0.05) is 60.7 Å². The van der Waals surface area contributed by atoms with Gasteiger partial charge in [0, 0.05) is 19.5 Å². The number of hydrogen-bond acceptors (Lipinski definition) is 4. The number of aliphatic hydroxyl groups is 1. The number of aliphatic hydroxyl groups excluding tert-OH is 1. The van der Waals surface area contributed by atoms with Gasteiger partial charge < -0.3 is 10.4 Å². The molecule has 6 nitrogen and oxygen atoms in total. The third-order valence-corrected chi connectivity index (χ3v) is 5.65. The maximum atomic E-state index is 13.5. The van der Waals surface area contributed by atoms with Crippen molar-refractivity contribution in [2.24, 2.45) is 0 Å². The first kappa shape index (κ1) is 18.7. The van der Waals surface area contributed by atoms with Crippen molar-refractivity contribution >= 4 is 11.9 Å². The van der Waals surface area contributed by atoms with E-state index in [0.29, 0.717) is 32.4 Å². The van der Waals surface area contributed by atoms with E-state index in [2.05, 4.69) is 5.32 Å². The second-order valence-corrected chi connectivity index (χ2v) is 7.59. The molecule has 0 radical (unpaired) electrons. The predicted octanol–water partition coefficient (Wildman–Crippen LogP) is 2.09. The highest BCUT2D eigenvalue weighted by Gasteiger charge is 2.52. The van der Waals surface area contributed by atoms with Crippen molar-refractivity contribution in [1.29, 1.82) is 0 Å². The van der Waals surface area contributed by atoms with Gasteiger partial charge >= 0.3 is 6.03 Å². The molecule has 2 aliphatic heterocycles. The molecule has 2 aromatic carbocycles. The van der Waals surface area contributed by atoms with Crippen LogP contribution in [0, 0.1) is 0 Å². The van der Waals surface area contributed by atoms with Crippen LogP contribution in [0.4, 0.5) is 4.79 Å². The van der Waals surface area contributed by atoms with Crippen molar-refractivity contribution in [1.82, 2.24) is 15.1 Å². The monoisotopic (exact) mass is 379 g/mol. The molecule has 3 amide bonds. The van der Waals surface area contributed by atoms with Gasteiger partial charge in [-0.25, -0.2) is 9.69 Å². The number of piperidine rings is 1. The molecule has 28 heavy (non-hydrogen) atoms. The van der Waals surface area contributed by atoms with E-state index in [4.69, 9.17) is 0 Å². The SMILES string of the molecule is O=C1N[C@@](Cc2ccccc2)(c2ccccc2)C(=O)N1CN1CCC(O)CC1. The number of carbonyl (C=O) groups excluding carboxylic acids is 2. The minimum Gasteiger partial charge on any atom is -0.393 e. The van der Waals surface area contributed by atoms with Crippen LogP contribution in [-0.2, 0) is 16.8 Å². The minimum atomic E-state index is -1.10. The summed E-state index contributed by atoms with van der Waals surface area (Å²) in [5, 5.41) is 12.7. The lowest BCUT2D eigenvalue weighted by Gasteiger charge is -2.32. The summed E-state index contributed by atoms with van der Waals surface area (Å²) in [4.78, 5) is 29.7. The fourth-order valence-electron chi connectivity index (χ4n) is 4.06. The van der Waals surface area contributed by atoms with Crippen molar-refractivity contribution in [3.8, 4) is 0 Å². The standard InChI is InChI=1S/C22H25N3O3/c26-19-11-13-24(14-12-19)16-25-20(27)22(23-21(25)28,18-9-5-2-6-10-18)15-17-7-3-1-4-8-17/h1-10,19,26H,11-16H2,(H,23,28)/t22-/m0/s1. The van der Waals surface area contributed by atoms with Crippen LogP contribution in [0.5, 0.6) is 0 Å². The Morgan fingerprint density at radius 1 is 0.964 bits per heavy atom. The zero-order valence-electron chi connectivity index (χ0n) is 15.8. The molecule has 2 aromatic rings. The molecular weight excluding hydrogens is 354 g/mol. The summed E-state index contributed by atoms with van der Waals surface area (Å²) in [6, 6.07) is 18.8. The molecular formula is C22H25N3O3. The van der Waals surface area contributed by atoms with Crippen LogP contribution < -0.4 is 5.32 Å². The number of imide groups is 1. The number of likely N-dealkylation sites (tertiary alicyclic amines) is 1. The zero-order valence-corrected chi connectivity index (χ0v) is 15.8. The molecule has 2 N–H and O–H groups in total. The van der Waals surface area contributed by atoms with E-state index in [1.165, 1.54) is 4.90 Å². The normalized spacial score (nSPS) is 23.8. The number of urea groups is 1. The molecule has 0 aromatic heterocycles. The second kappa shape index (κ2) is 7.73. The summed E-state index contributed by atoms with van der Waals surface area (Å²) >= 11 is 0. The topological polar surface area (TPSA) is 72.9 Å². The smallest absolute Gasteiger partial charge is 0.326 e. The lowest BCUT2D eigenvalue weighted by atomic mass is 9.83. The fraction of sp³-hybridized carbons (Fsp3) is 0.364. The maximum Gasteiger partial charge on any atom is 0.326 e. The van der Waals surface area contributed by atoms with Crippen LogP contribution in [-0.4, -0.2) is 52.7 Å². The average Bonchev–Trinajstić information content (AvgIpc) is 2.96. The van der Waals surface area contributed by atoms with Crippen molar-refractivity contribution in [3.05, 3.63) is 71.8 Å². The summed E-state index contributed by atoms with van der Waals surface area (Å²) in [5.41, 5.74) is 0.673. The van der Waals surface area contributed by atoms with E-state index in [1.807, 2.05) is 65.6 Å². The summed E-state index contributed by atoms with van der Waals surface area (Å²) < 4.78 is 0. The Balaban J connectivity index is 1.63. The Morgan fingerprint density at radius 2 is 1.57 bits per heavy atom. The fourth-order valence-corrected chi connectivity index (χ4v) is 4.06. The van der Waals surface area contributed by atoms with Gasteiger partial charge in [0.15, 0.2) is 5.54 Å². The van der Waals surface area contributed by atoms with Gasteiger partial charge in [0.2, 0.25) is 0 Å². The number of rotatable bonds is 5. The summed E-state index contributed by atoms with van der Waals surface area (Å²) in [5.74, 6) is -0.223. The Hall–Kier alpha value is -2.70. The molecule has 0 unspecified atom stereocenters. The second-order valence-electron chi connectivity index (χ2n) is 7.59. The van der Waals surface area contributed by atoms with Crippen LogP contribution >= 0.6 is 0 Å². The Labute approximate surface area is 164 Å². The molecule has 2 fully saturated rings. The highest BCUT2D eigenvalue weighted by Crippen LogP contribution is 2.33. The molecule has 1 atom stereocenters. The van der Waals surface area contributed by atoms with Gasteiger partial charge in [-0.15, -0.1) is 0 Å². The Bertz CT molecular complexity index is 835. The van der Waals surface area contributed by atoms with E-state index in [0.717, 1.165) is 11.1 Å². The molecule has 146 valence electrons. The van der Waals surface area contributed by atoms with Crippen molar-refractivity contribution in [2.75, 3.05) is 19.8 Å². The third kappa shape index (κ3) is 3.53. The Kier molecular flexibility index (Phi) is 5.15. The molecule has 0 bridgehead atoms. The molecule has 6 heteroatoms. The molecule has 0 saturated carbocycles. The van der Waals surface area contributed by atoms with Gasteiger partial charge in [0.25, 0.3) is 5.91 Å². The number of nitrogens with zero attached hydrogens (tertiary/aromatic N) is 2. The quantitative estimate of drug-likeness (QED) is 0.781. The number of benzene rings is 2. The van der Waals surface area contributed by atoms with E-state index in [9.17, 15) is 14.7 Å². The predicted molar refractivity (Wildman–Crippen MR) is 105 cm³/mol. The molecule has 2 heterocycles. The van der Waals surface area contributed by atoms with Crippen LogP contribution in [0.1, 0.15) is 24.0 Å². The first-order valence-electron chi connectivity index (χ1n) is 9.72. The van der Waals surface area contributed by atoms with Crippen molar-refractivity contribution in [2.45, 2.75) is 30.9 Å². The Morgan fingerprint density at radius 3 is 2.21 bits per heavy atom. The highest BCUT2D eigenvalue weighted by molar-refractivity contribution is 6.07. The summed E-state index contributed by atoms with van der Waals surface area (Å²) in [6.45, 7) is 1.60. The number of amides is 3. The lowest BCUT2D eigenvalue weighted by molar-refractivity contribution is -0.133. The van der Waals surface area contributed by atoms with Gasteiger partial charge in [-0.3, -0.25) is 9.69 Å². The lowest BCUT2D eigenvalue weighted by Crippen LogP contribution is -2.48. The van der Waals surface area contributed by atoms with Gasteiger partial charge in [-0.05, 0) is 24.0 Å². The zero-order chi connectivity index (χ0) is 19.6. The number of carbonyl (C=O) groups is 2. The summed E-state index contributed by atoms with van der Waals surface area (Å²) in [7, 11) is 0. The van der Waals surface area contributed by atoms with Gasteiger partial charge in [-0.2, -0.15) is 0 Å². The molecule has 0 spiro atoms. The first-order valence-corrected chi connectivity index (χ1v) is 9.72. The number of nitrogens with one attached hydrogen (secondary N) is 1. The minimum absolute atomic E-state index is 0.223. The molecule has 2 aliphatic rings. The number of hydrogen-bond donors (Lipinski definition) is 2. The van der Waals surface area contributed by atoms with Gasteiger partial charge in [0.05, 0.1) is 12.8 Å².